The third kappa shape index (κ3) is 2.99. The number of hydrogen-bond acceptors (Lipinski definition) is 3. The normalized spacial score (nSPS) is 11.3. The molecule has 0 fully saturated rings. The Bertz CT molecular complexity index is 1260. The summed E-state index contributed by atoms with van der Waals surface area (Å²) < 4.78 is 17.1. The second-order valence-electron chi connectivity index (χ2n) is 6.86. The molecule has 2 aromatic heterocycles. The first-order valence-electron chi connectivity index (χ1n) is 8.83. The maximum atomic E-state index is 14.2. The van der Waals surface area contributed by atoms with E-state index in [9.17, 15) is 9.18 Å². The van der Waals surface area contributed by atoms with Gasteiger partial charge < -0.3 is 0 Å². The van der Waals surface area contributed by atoms with E-state index in [0.717, 1.165) is 16.8 Å². The summed E-state index contributed by atoms with van der Waals surface area (Å²) in [7, 11) is 0. The number of rotatable bonds is 3. The number of fused-ring (bicyclic) bond motifs is 1. The van der Waals surface area contributed by atoms with E-state index >= 15 is 0 Å². The van der Waals surface area contributed by atoms with Gasteiger partial charge in [-0.25, -0.2) is 13.8 Å². The van der Waals surface area contributed by atoms with Crippen LogP contribution < -0.4 is 5.56 Å². The van der Waals surface area contributed by atoms with Crippen molar-refractivity contribution >= 4 is 22.5 Å². The predicted octanol–water partition coefficient (Wildman–Crippen LogP) is 4.35. The fourth-order valence-corrected chi connectivity index (χ4v) is 3.61. The van der Waals surface area contributed by atoms with E-state index < -0.39 is 5.82 Å². The lowest BCUT2D eigenvalue weighted by atomic mass is 10.1. The maximum Gasteiger partial charge on any atom is 0.293 e. The van der Waals surface area contributed by atoms with E-state index in [2.05, 4.69) is 10.2 Å². The highest BCUT2D eigenvalue weighted by Gasteiger charge is 2.18. The molecule has 4 rings (SSSR count). The average Bonchev–Trinajstić information content (AvgIpc) is 3.08. The van der Waals surface area contributed by atoms with Crippen molar-refractivity contribution in [3.8, 4) is 5.69 Å². The molecule has 0 N–H and O–H groups in total. The molecule has 0 saturated heterocycles. The van der Waals surface area contributed by atoms with Crippen molar-refractivity contribution in [2.75, 3.05) is 0 Å². The fraction of sp³-hybridized carbons (Fsp3) is 0.190. The highest BCUT2D eigenvalue weighted by molar-refractivity contribution is 6.31. The van der Waals surface area contributed by atoms with Crippen LogP contribution in [0.2, 0.25) is 5.02 Å². The number of nitrogens with zero attached hydrogens (tertiary/aromatic N) is 4. The molecule has 0 aliphatic rings. The van der Waals surface area contributed by atoms with Crippen molar-refractivity contribution in [2.45, 2.75) is 27.3 Å². The first-order valence-corrected chi connectivity index (χ1v) is 9.20. The number of aromatic nitrogens is 4. The molecule has 0 aliphatic carbocycles. The molecule has 0 atom stereocenters. The third-order valence-corrected chi connectivity index (χ3v) is 5.17. The quantitative estimate of drug-likeness (QED) is 0.517. The SMILES string of the molecule is Cc1ccc(-n2ncc3c(C)nn(Cc4c(F)cccc4Cl)c(=O)c32)c(C)c1. The van der Waals surface area contributed by atoms with Crippen LogP contribution in [0.25, 0.3) is 16.6 Å². The molecular weight excluding hydrogens is 379 g/mol. The number of aryl methyl sites for hydroxylation is 3. The lowest BCUT2D eigenvalue weighted by Crippen LogP contribution is -2.26. The fourth-order valence-electron chi connectivity index (χ4n) is 3.39. The largest absolute Gasteiger partial charge is 0.293 e. The van der Waals surface area contributed by atoms with Crippen molar-refractivity contribution < 1.29 is 4.39 Å². The summed E-state index contributed by atoms with van der Waals surface area (Å²) in [4.78, 5) is 13.2. The molecule has 0 amide bonds. The summed E-state index contributed by atoms with van der Waals surface area (Å²) >= 11 is 6.13. The van der Waals surface area contributed by atoms with Gasteiger partial charge in [0.05, 0.1) is 24.1 Å². The Hall–Kier alpha value is -2.99. The van der Waals surface area contributed by atoms with E-state index in [0.29, 0.717) is 16.6 Å². The molecule has 0 bridgehead atoms. The summed E-state index contributed by atoms with van der Waals surface area (Å²) in [6, 6.07) is 10.4. The zero-order valence-electron chi connectivity index (χ0n) is 15.7. The van der Waals surface area contributed by atoms with Crippen molar-refractivity contribution in [1.29, 1.82) is 0 Å². The predicted molar refractivity (Wildman–Crippen MR) is 108 cm³/mol. The number of benzene rings is 2. The molecule has 0 aliphatic heterocycles. The van der Waals surface area contributed by atoms with Crippen LogP contribution in [0.4, 0.5) is 4.39 Å². The van der Waals surface area contributed by atoms with Crippen LogP contribution in [0, 0.1) is 26.6 Å². The molecule has 5 nitrogen and oxygen atoms in total. The number of hydrogen-bond donors (Lipinski definition) is 0. The highest BCUT2D eigenvalue weighted by Crippen LogP contribution is 2.22. The topological polar surface area (TPSA) is 52.7 Å². The molecule has 4 aromatic rings. The molecule has 2 aromatic carbocycles. The van der Waals surface area contributed by atoms with Crippen LogP contribution in [0.3, 0.4) is 0 Å². The number of halogens is 2. The van der Waals surface area contributed by atoms with E-state index in [1.165, 1.54) is 16.8 Å². The van der Waals surface area contributed by atoms with Gasteiger partial charge in [0.15, 0.2) is 0 Å². The van der Waals surface area contributed by atoms with Crippen LogP contribution in [0.15, 0.2) is 47.4 Å². The molecule has 0 unspecified atom stereocenters. The zero-order chi connectivity index (χ0) is 20.0. The van der Waals surface area contributed by atoms with Gasteiger partial charge in [0, 0.05) is 16.0 Å². The van der Waals surface area contributed by atoms with E-state index in [1.54, 1.807) is 23.9 Å². The van der Waals surface area contributed by atoms with Gasteiger partial charge in [0.1, 0.15) is 11.3 Å². The van der Waals surface area contributed by atoms with Gasteiger partial charge in [-0.1, -0.05) is 35.4 Å². The summed E-state index contributed by atoms with van der Waals surface area (Å²) in [6.45, 7) is 5.73. The molecule has 0 saturated carbocycles. The second-order valence-corrected chi connectivity index (χ2v) is 7.26. The van der Waals surface area contributed by atoms with Gasteiger partial charge in [0.2, 0.25) is 0 Å². The smallest absolute Gasteiger partial charge is 0.265 e. The van der Waals surface area contributed by atoms with Gasteiger partial charge >= 0.3 is 0 Å². The first-order chi connectivity index (χ1) is 13.4. The molecule has 7 heteroatoms. The van der Waals surface area contributed by atoms with Gasteiger partial charge in [-0.05, 0) is 44.5 Å². The summed E-state index contributed by atoms with van der Waals surface area (Å²) in [5, 5.41) is 9.70. The molecule has 2 heterocycles. The van der Waals surface area contributed by atoms with Crippen molar-refractivity contribution in [3.05, 3.63) is 86.2 Å². The van der Waals surface area contributed by atoms with Crippen LogP contribution in [0.1, 0.15) is 22.4 Å². The lowest BCUT2D eigenvalue weighted by Gasteiger charge is -2.11. The minimum absolute atomic E-state index is 0.0564. The van der Waals surface area contributed by atoms with Crippen LogP contribution in [-0.2, 0) is 6.54 Å². The first kappa shape index (κ1) is 18.4. The van der Waals surface area contributed by atoms with E-state index in [-0.39, 0.29) is 22.7 Å². The average molecular weight is 397 g/mol. The zero-order valence-corrected chi connectivity index (χ0v) is 16.5. The maximum absolute atomic E-state index is 14.2. The standard InChI is InChI=1S/C21H18ClFN4O/c1-12-7-8-19(13(2)9-12)27-20-15(10-24-27)14(3)25-26(21(20)28)11-16-17(22)5-4-6-18(16)23/h4-10H,11H2,1-3H3. The van der Waals surface area contributed by atoms with Crippen LogP contribution in [0.5, 0.6) is 0 Å². The molecule has 0 spiro atoms. The molecule has 28 heavy (non-hydrogen) atoms. The van der Waals surface area contributed by atoms with Crippen molar-refractivity contribution in [3.63, 3.8) is 0 Å². The Morgan fingerprint density at radius 1 is 1.14 bits per heavy atom. The molecule has 0 radical (unpaired) electrons. The van der Waals surface area contributed by atoms with Crippen molar-refractivity contribution in [1.82, 2.24) is 19.6 Å². The Morgan fingerprint density at radius 3 is 2.64 bits per heavy atom. The minimum Gasteiger partial charge on any atom is -0.265 e. The Morgan fingerprint density at radius 2 is 1.93 bits per heavy atom. The third-order valence-electron chi connectivity index (χ3n) is 4.82. The Labute approximate surface area is 166 Å². The van der Waals surface area contributed by atoms with Crippen molar-refractivity contribution in [2.24, 2.45) is 0 Å². The van der Waals surface area contributed by atoms with Gasteiger partial charge in [-0.3, -0.25) is 4.79 Å². The van der Waals surface area contributed by atoms with Crippen LogP contribution in [-0.4, -0.2) is 19.6 Å². The molecule has 142 valence electrons. The molecular formula is C21H18ClFN4O. The van der Waals surface area contributed by atoms with Gasteiger partial charge in [0.25, 0.3) is 5.56 Å². The summed E-state index contributed by atoms with van der Waals surface area (Å²) in [5.41, 5.74) is 3.88. The van der Waals surface area contributed by atoms with E-state index in [4.69, 9.17) is 11.6 Å². The minimum atomic E-state index is -0.471. The lowest BCUT2D eigenvalue weighted by molar-refractivity contribution is 0.571. The van der Waals surface area contributed by atoms with Gasteiger partial charge in [-0.15, -0.1) is 0 Å². The highest BCUT2D eigenvalue weighted by atomic mass is 35.5. The Kier molecular flexibility index (Phi) is 4.51. The Balaban J connectivity index is 1.94. The van der Waals surface area contributed by atoms with Crippen LogP contribution >= 0.6 is 11.6 Å². The second kappa shape index (κ2) is 6.87. The summed E-state index contributed by atoms with van der Waals surface area (Å²) in [5.74, 6) is -0.471. The summed E-state index contributed by atoms with van der Waals surface area (Å²) in [6.07, 6.45) is 1.64. The van der Waals surface area contributed by atoms with Gasteiger partial charge in [-0.2, -0.15) is 10.2 Å². The monoisotopic (exact) mass is 396 g/mol. The van der Waals surface area contributed by atoms with E-state index in [1.807, 2.05) is 32.0 Å².